The normalized spacial score (nSPS) is 41.1. The van der Waals surface area contributed by atoms with Crippen LogP contribution in [0.4, 0.5) is 0 Å². The van der Waals surface area contributed by atoms with E-state index in [0.717, 1.165) is 0 Å². The van der Waals surface area contributed by atoms with E-state index in [2.05, 4.69) is 0 Å². The molecule has 1 aliphatic rings. The largest absolute Gasteiger partial charge is 0.391 e. The summed E-state index contributed by atoms with van der Waals surface area (Å²) < 4.78 is 10.6. The van der Waals surface area contributed by atoms with Crippen molar-refractivity contribution in [3.05, 3.63) is 0 Å². The molecule has 0 aromatic carbocycles. The van der Waals surface area contributed by atoms with Gasteiger partial charge >= 0.3 is 0 Å². The number of ether oxygens (including phenoxy) is 2. The van der Waals surface area contributed by atoms with Gasteiger partial charge in [0.2, 0.25) is 0 Å². The van der Waals surface area contributed by atoms with Gasteiger partial charge in [-0.25, -0.2) is 0 Å². The highest BCUT2D eigenvalue weighted by Crippen LogP contribution is 2.23. The lowest BCUT2D eigenvalue weighted by Gasteiger charge is -2.40. The summed E-state index contributed by atoms with van der Waals surface area (Å²) in [6.45, 7) is 1.96. The van der Waals surface area contributed by atoms with Gasteiger partial charge < -0.3 is 19.5 Å². The lowest BCUT2D eigenvalue weighted by atomic mass is 9.99. The SMILES string of the molecule is CO[C@H]1C[C@H](O)[C@H](N(C)C)[C@H](C)O1. The molecule has 4 heteroatoms. The first-order valence-corrected chi connectivity index (χ1v) is 4.59. The molecule has 0 radical (unpaired) electrons. The topological polar surface area (TPSA) is 41.9 Å². The third kappa shape index (κ3) is 2.40. The zero-order valence-corrected chi connectivity index (χ0v) is 8.73. The van der Waals surface area contributed by atoms with Crippen molar-refractivity contribution in [1.29, 1.82) is 0 Å². The minimum atomic E-state index is -0.372. The number of hydrogen-bond donors (Lipinski definition) is 1. The first kappa shape index (κ1) is 10.9. The van der Waals surface area contributed by atoms with E-state index < -0.39 is 0 Å². The second kappa shape index (κ2) is 4.37. The Morgan fingerprint density at radius 1 is 1.46 bits per heavy atom. The van der Waals surface area contributed by atoms with Crippen molar-refractivity contribution in [3.63, 3.8) is 0 Å². The van der Waals surface area contributed by atoms with Crippen LogP contribution in [0.25, 0.3) is 0 Å². The number of aliphatic hydroxyl groups is 1. The van der Waals surface area contributed by atoms with Gasteiger partial charge in [0.25, 0.3) is 0 Å². The molecule has 0 amide bonds. The monoisotopic (exact) mass is 189 g/mol. The molecule has 13 heavy (non-hydrogen) atoms. The van der Waals surface area contributed by atoms with Gasteiger partial charge in [0.05, 0.1) is 18.2 Å². The summed E-state index contributed by atoms with van der Waals surface area (Å²) in [4.78, 5) is 1.99. The van der Waals surface area contributed by atoms with Crippen LogP contribution in [-0.4, -0.2) is 55.8 Å². The van der Waals surface area contributed by atoms with Crippen molar-refractivity contribution in [3.8, 4) is 0 Å². The minimum Gasteiger partial charge on any atom is -0.391 e. The van der Waals surface area contributed by atoms with Crippen molar-refractivity contribution in [1.82, 2.24) is 4.90 Å². The average molecular weight is 189 g/mol. The van der Waals surface area contributed by atoms with Crippen molar-refractivity contribution >= 4 is 0 Å². The van der Waals surface area contributed by atoms with Gasteiger partial charge in [-0.3, -0.25) is 0 Å². The highest BCUT2D eigenvalue weighted by atomic mass is 16.7. The van der Waals surface area contributed by atoms with Crippen molar-refractivity contribution in [2.24, 2.45) is 0 Å². The predicted molar refractivity (Wildman–Crippen MR) is 49.4 cm³/mol. The molecule has 0 aromatic rings. The van der Waals surface area contributed by atoms with Crippen LogP contribution in [0.15, 0.2) is 0 Å². The third-order valence-electron chi connectivity index (χ3n) is 2.53. The Morgan fingerprint density at radius 3 is 2.46 bits per heavy atom. The highest BCUT2D eigenvalue weighted by Gasteiger charge is 2.36. The lowest BCUT2D eigenvalue weighted by Crippen LogP contribution is -2.54. The molecule has 1 rings (SSSR count). The Bertz CT molecular complexity index is 151. The van der Waals surface area contributed by atoms with Crippen LogP contribution >= 0.6 is 0 Å². The van der Waals surface area contributed by atoms with Crippen LogP contribution in [0.5, 0.6) is 0 Å². The summed E-state index contributed by atoms with van der Waals surface area (Å²) in [7, 11) is 5.49. The molecular weight excluding hydrogens is 170 g/mol. The van der Waals surface area contributed by atoms with Crippen LogP contribution in [0.3, 0.4) is 0 Å². The van der Waals surface area contributed by atoms with E-state index >= 15 is 0 Å². The van der Waals surface area contributed by atoms with Gasteiger partial charge in [-0.2, -0.15) is 0 Å². The minimum absolute atomic E-state index is 0.00343. The summed E-state index contributed by atoms with van der Waals surface area (Å²) >= 11 is 0. The molecule has 1 saturated heterocycles. The Hall–Kier alpha value is -0.160. The standard InChI is InChI=1S/C9H19NO3/c1-6-9(10(2)3)7(11)5-8(12-4)13-6/h6-9,11H,5H2,1-4H3/t6-,7-,8+,9+/m0/s1. The fourth-order valence-electron chi connectivity index (χ4n) is 1.94. The van der Waals surface area contributed by atoms with Gasteiger partial charge in [-0.1, -0.05) is 0 Å². The van der Waals surface area contributed by atoms with Crippen molar-refractivity contribution in [2.75, 3.05) is 21.2 Å². The Morgan fingerprint density at radius 2 is 2.08 bits per heavy atom. The van der Waals surface area contributed by atoms with E-state index in [1.807, 2.05) is 25.9 Å². The predicted octanol–water partition coefficient (Wildman–Crippen LogP) is 0.0588. The Labute approximate surface area is 79.4 Å². The molecule has 4 nitrogen and oxygen atoms in total. The van der Waals surface area contributed by atoms with Crippen molar-refractivity contribution < 1.29 is 14.6 Å². The van der Waals surface area contributed by atoms with Crippen LogP contribution in [0, 0.1) is 0 Å². The summed E-state index contributed by atoms with van der Waals surface area (Å²) in [5.74, 6) is 0. The molecule has 78 valence electrons. The van der Waals surface area contributed by atoms with E-state index in [1.165, 1.54) is 0 Å². The molecule has 0 spiro atoms. The smallest absolute Gasteiger partial charge is 0.160 e. The maximum atomic E-state index is 9.81. The van der Waals surface area contributed by atoms with Crippen LogP contribution in [-0.2, 0) is 9.47 Å². The fourth-order valence-corrected chi connectivity index (χ4v) is 1.94. The molecule has 0 aliphatic carbocycles. The first-order chi connectivity index (χ1) is 6.06. The number of aliphatic hydroxyl groups excluding tert-OH is 1. The molecule has 0 unspecified atom stereocenters. The maximum Gasteiger partial charge on any atom is 0.160 e. The summed E-state index contributed by atoms with van der Waals surface area (Å²) in [5, 5.41) is 9.81. The number of rotatable bonds is 2. The number of hydrogen-bond acceptors (Lipinski definition) is 4. The van der Waals surface area contributed by atoms with E-state index in [-0.39, 0.29) is 24.5 Å². The van der Waals surface area contributed by atoms with Gasteiger partial charge in [0.1, 0.15) is 0 Å². The summed E-state index contributed by atoms with van der Waals surface area (Å²) in [6.07, 6.45) is -0.0856. The summed E-state index contributed by atoms with van der Waals surface area (Å²) in [6, 6.07) is 0.0615. The Kier molecular flexibility index (Phi) is 3.67. The van der Waals surface area contributed by atoms with Gasteiger partial charge in [-0.05, 0) is 21.0 Å². The molecule has 1 aliphatic heterocycles. The molecule has 1 N–H and O–H groups in total. The van der Waals surface area contributed by atoms with Crippen LogP contribution < -0.4 is 0 Å². The van der Waals surface area contributed by atoms with Crippen LogP contribution in [0.2, 0.25) is 0 Å². The Balaban J connectivity index is 2.59. The zero-order valence-electron chi connectivity index (χ0n) is 8.73. The number of likely N-dealkylation sites (N-methyl/N-ethyl adjacent to an activating group) is 1. The van der Waals surface area contributed by atoms with E-state index in [9.17, 15) is 5.11 Å². The molecule has 4 atom stereocenters. The van der Waals surface area contributed by atoms with Crippen molar-refractivity contribution in [2.45, 2.75) is 37.9 Å². The quantitative estimate of drug-likeness (QED) is 0.667. The molecule has 0 aromatic heterocycles. The first-order valence-electron chi connectivity index (χ1n) is 4.59. The third-order valence-corrected chi connectivity index (χ3v) is 2.53. The molecule has 0 bridgehead atoms. The zero-order chi connectivity index (χ0) is 10.0. The lowest BCUT2D eigenvalue weighted by molar-refractivity contribution is -0.221. The van der Waals surface area contributed by atoms with E-state index in [0.29, 0.717) is 6.42 Å². The second-order valence-electron chi connectivity index (χ2n) is 3.76. The number of methoxy groups -OCH3 is 1. The second-order valence-corrected chi connectivity index (χ2v) is 3.76. The van der Waals surface area contributed by atoms with E-state index in [4.69, 9.17) is 9.47 Å². The molecule has 1 fully saturated rings. The highest BCUT2D eigenvalue weighted by molar-refractivity contribution is 4.86. The molecule has 1 heterocycles. The molecular formula is C9H19NO3. The fraction of sp³-hybridized carbons (Fsp3) is 1.00. The molecule has 0 saturated carbocycles. The number of nitrogens with zero attached hydrogens (tertiary/aromatic N) is 1. The average Bonchev–Trinajstić information content (AvgIpc) is 2.02. The van der Waals surface area contributed by atoms with Gasteiger partial charge in [0, 0.05) is 13.5 Å². The van der Waals surface area contributed by atoms with E-state index in [1.54, 1.807) is 7.11 Å². The van der Waals surface area contributed by atoms with Gasteiger partial charge in [0.15, 0.2) is 6.29 Å². The van der Waals surface area contributed by atoms with Gasteiger partial charge in [-0.15, -0.1) is 0 Å². The maximum absolute atomic E-state index is 9.81. The summed E-state index contributed by atoms with van der Waals surface area (Å²) in [5.41, 5.74) is 0. The van der Waals surface area contributed by atoms with Crippen LogP contribution in [0.1, 0.15) is 13.3 Å².